The van der Waals surface area contributed by atoms with Gasteiger partial charge in [-0.3, -0.25) is 4.90 Å². The lowest BCUT2D eigenvalue weighted by Gasteiger charge is -2.30. The molecular weight excluding hydrogens is 266 g/mol. The second-order valence-corrected chi connectivity index (χ2v) is 5.50. The average Bonchev–Trinajstić information content (AvgIpc) is 3.00. The van der Waals surface area contributed by atoms with E-state index in [0.29, 0.717) is 19.8 Å². The minimum absolute atomic E-state index is 0.332. The van der Waals surface area contributed by atoms with Gasteiger partial charge < -0.3 is 14.3 Å². The van der Waals surface area contributed by atoms with Crippen LogP contribution in [0.5, 0.6) is 0 Å². The van der Waals surface area contributed by atoms with Gasteiger partial charge in [0.05, 0.1) is 19.0 Å². The number of rotatable bonds is 6. The number of ether oxygens (including phenoxy) is 1. The summed E-state index contributed by atoms with van der Waals surface area (Å²) in [5, 5.41) is 10.1. The molecule has 4 heteroatoms. The maximum Gasteiger partial charge on any atom is 0.129 e. The van der Waals surface area contributed by atoms with Crippen LogP contribution in [-0.4, -0.2) is 35.8 Å². The second kappa shape index (κ2) is 6.89. The van der Waals surface area contributed by atoms with E-state index >= 15 is 0 Å². The smallest absolute Gasteiger partial charge is 0.129 e. The van der Waals surface area contributed by atoms with Gasteiger partial charge in [-0.05, 0) is 29.7 Å². The highest BCUT2D eigenvalue weighted by Crippen LogP contribution is 2.18. The molecule has 0 bridgehead atoms. The Labute approximate surface area is 124 Å². The van der Waals surface area contributed by atoms with Crippen molar-refractivity contribution in [1.29, 1.82) is 0 Å². The largest absolute Gasteiger partial charge is 0.467 e. The van der Waals surface area contributed by atoms with Crippen LogP contribution >= 0.6 is 0 Å². The van der Waals surface area contributed by atoms with Gasteiger partial charge in [-0.2, -0.15) is 0 Å². The van der Waals surface area contributed by atoms with Crippen LogP contribution in [0.1, 0.15) is 16.9 Å². The predicted octanol–water partition coefficient (Wildman–Crippen LogP) is 2.22. The van der Waals surface area contributed by atoms with E-state index in [-0.39, 0.29) is 0 Å². The number of fused-ring (bicyclic) bond motifs is 1. The van der Waals surface area contributed by atoms with Gasteiger partial charge in [0, 0.05) is 19.6 Å². The summed E-state index contributed by atoms with van der Waals surface area (Å²) < 4.78 is 10.7. The van der Waals surface area contributed by atoms with Crippen LogP contribution < -0.4 is 0 Å². The molecule has 3 rings (SSSR count). The van der Waals surface area contributed by atoms with Crippen LogP contribution in [0.2, 0.25) is 0 Å². The van der Waals surface area contributed by atoms with Gasteiger partial charge in [-0.1, -0.05) is 24.3 Å². The molecule has 1 aliphatic rings. The van der Waals surface area contributed by atoms with Gasteiger partial charge in [0.25, 0.3) is 0 Å². The number of hydrogen-bond acceptors (Lipinski definition) is 4. The molecule has 4 nitrogen and oxygen atoms in total. The van der Waals surface area contributed by atoms with Crippen LogP contribution in [0.3, 0.4) is 0 Å². The Morgan fingerprint density at radius 2 is 2.05 bits per heavy atom. The molecule has 1 aromatic carbocycles. The fourth-order valence-electron chi connectivity index (χ4n) is 2.75. The lowest BCUT2D eigenvalue weighted by molar-refractivity contribution is 0.00311. The van der Waals surface area contributed by atoms with Crippen LogP contribution in [0.4, 0.5) is 0 Å². The van der Waals surface area contributed by atoms with Gasteiger partial charge in [0.1, 0.15) is 12.4 Å². The summed E-state index contributed by atoms with van der Waals surface area (Å²) in [6.07, 6.45) is 2.21. The minimum atomic E-state index is -0.467. The van der Waals surface area contributed by atoms with Crippen molar-refractivity contribution in [2.75, 3.05) is 19.7 Å². The zero-order chi connectivity index (χ0) is 14.5. The third-order valence-electron chi connectivity index (χ3n) is 3.81. The number of benzene rings is 1. The summed E-state index contributed by atoms with van der Waals surface area (Å²) in [4.78, 5) is 2.28. The zero-order valence-electron chi connectivity index (χ0n) is 12.1. The minimum Gasteiger partial charge on any atom is -0.467 e. The van der Waals surface area contributed by atoms with Gasteiger partial charge >= 0.3 is 0 Å². The summed E-state index contributed by atoms with van der Waals surface area (Å²) in [5.74, 6) is 0.786. The first-order valence-corrected chi connectivity index (χ1v) is 7.38. The maximum atomic E-state index is 10.1. The van der Waals surface area contributed by atoms with Crippen molar-refractivity contribution in [2.24, 2.45) is 0 Å². The van der Waals surface area contributed by atoms with E-state index in [1.165, 1.54) is 11.1 Å². The predicted molar refractivity (Wildman–Crippen MR) is 79.8 cm³/mol. The van der Waals surface area contributed by atoms with Crippen molar-refractivity contribution in [3.05, 3.63) is 59.5 Å². The monoisotopic (exact) mass is 287 g/mol. The highest BCUT2D eigenvalue weighted by atomic mass is 16.5. The number of furan rings is 1. The van der Waals surface area contributed by atoms with E-state index in [4.69, 9.17) is 9.15 Å². The first-order chi connectivity index (χ1) is 10.3. The molecule has 0 saturated heterocycles. The Morgan fingerprint density at radius 1 is 1.19 bits per heavy atom. The molecule has 1 N–H and O–H groups in total. The Morgan fingerprint density at radius 3 is 2.86 bits per heavy atom. The van der Waals surface area contributed by atoms with Gasteiger partial charge in [-0.15, -0.1) is 0 Å². The van der Waals surface area contributed by atoms with E-state index in [2.05, 4.69) is 29.2 Å². The van der Waals surface area contributed by atoms with Gasteiger partial charge in [0.2, 0.25) is 0 Å². The average molecular weight is 287 g/mol. The molecule has 21 heavy (non-hydrogen) atoms. The van der Waals surface area contributed by atoms with E-state index in [9.17, 15) is 5.11 Å². The Hall–Kier alpha value is -1.62. The van der Waals surface area contributed by atoms with Crippen LogP contribution in [-0.2, 0) is 24.3 Å². The third kappa shape index (κ3) is 3.94. The number of aliphatic hydroxyl groups excluding tert-OH is 1. The summed E-state index contributed by atoms with van der Waals surface area (Å²) in [7, 11) is 0. The number of β-amino-alcohol motifs (C(OH)–C–C–N with tert-alkyl or cyclic N) is 1. The molecule has 2 heterocycles. The summed E-state index contributed by atoms with van der Waals surface area (Å²) >= 11 is 0. The maximum absolute atomic E-state index is 10.1. The van der Waals surface area contributed by atoms with Crippen molar-refractivity contribution >= 4 is 0 Å². The summed E-state index contributed by atoms with van der Waals surface area (Å²) in [5.41, 5.74) is 2.80. The van der Waals surface area contributed by atoms with E-state index < -0.39 is 6.10 Å². The zero-order valence-corrected chi connectivity index (χ0v) is 12.1. The molecule has 0 saturated carbocycles. The quantitative estimate of drug-likeness (QED) is 0.885. The Balaban J connectivity index is 1.42. The number of hydrogen-bond donors (Lipinski definition) is 1. The Bertz CT molecular complexity index is 553. The van der Waals surface area contributed by atoms with Crippen molar-refractivity contribution in [1.82, 2.24) is 4.90 Å². The van der Waals surface area contributed by atoms with E-state index in [1.54, 1.807) is 6.26 Å². The molecule has 1 aromatic heterocycles. The number of nitrogens with zero attached hydrogens (tertiary/aromatic N) is 1. The van der Waals surface area contributed by atoms with Crippen molar-refractivity contribution in [2.45, 2.75) is 25.7 Å². The lowest BCUT2D eigenvalue weighted by Crippen LogP contribution is -2.38. The molecule has 2 aromatic rings. The van der Waals surface area contributed by atoms with Crippen molar-refractivity contribution < 1.29 is 14.3 Å². The lowest BCUT2D eigenvalue weighted by atomic mass is 10.00. The molecule has 0 spiro atoms. The van der Waals surface area contributed by atoms with E-state index in [0.717, 1.165) is 25.3 Å². The van der Waals surface area contributed by atoms with Gasteiger partial charge in [-0.25, -0.2) is 0 Å². The van der Waals surface area contributed by atoms with Crippen molar-refractivity contribution in [3.8, 4) is 0 Å². The Kier molecular flexibility index (Phi) is 4.70. The molecule has 0 aliphatic carbocycles. The van der Waals surface area contributed by atoms with Crippen LogP contribution in [0.15, 0.2) is 47.1 Å². The second-order valence-electron chi connectivity index (χ2n) is 5.50. The SMILES string of the molecule is O[C@H](COCc1ccco1)CN1CCc2ccccc2C1. The number of aliphatic hydroxyl groups is 1. The van der Waals surface area contributed by atoms with E-state index in [1.807, 2.05) is 12.1 Å². The molecular formula is C17H21NO3. The fraction of sp³-hybridized carbons (Fsp3) is 0.412. The molecule has 0 radical (unpaired) electrons. The third-order valence-corrected chi connectivity index (χ3v) is 3.81. The van der Waals surface area contributed by atoms with Crippen LogP contribution in [0.25, 0.3) is 0 Å². The molecule has 0 fully saturated rings. The van der Waals surface area contributed by atoms with Crippen molar-refractivity contribution in [3.63, 3.8) is 0 Å². The topological polar surface area (TPSA) is 45.8 Å². The summed E-state index contributed by atoms with van der Waals surface area (Å²) in [6, 6.07) is 12.2. The fourth-order valence-corrected chi connectivity index (χ4v) is 2.75. The molecule has 0 unspecified atom stereocenters. The highest BCUT2D eigenvalue weighted by molar-refractivity contribution is 5.29. The molecule has 1 atom stereocenters. The first-order valence-electron chi connectivity index (χ1n) is 7.38. The molecule has 1 aliphatic heterocycles. The standard InChI is InChI=1S/C17H21NO3/c19-16(12-20-13-17-6-3-9-21-17)11-18-8-7-14-4-1-2-5-15(14)10-18/h1-6,9,16,19H,7-8,10-13H2/t16-/m0/s1. The first kappa shape index (κ1) is 14.3. The normalized spacial score (nSPS) is 16.6. The molecule has 112 valence electrons. The van der Waals surface area contributed by atoms with Gasteiger partial charge in [0.15, 0.2) is 0 Å². The highest BCUT2D eigenvalue weighted by Gasteiger charge is 2.18. The van der Waals surface area contributed by atoms with Crippen LogP contribution in [0, 0.1) is 0 Å². The summed E-state index contributed by atoms with van der Waals surface area (Å²) in [6.45, 7) is 3.29. The molecule has 0 amide bonds.